The first-order valence-electron chi connectivity index (χ1n) is 10.0. The number of ether oxygens (including phenoxy) is 3. The third-order valence-electron chi connectivity index (χ3n) is 5.36. The van der Waals surface area contributed by atoms with Crippen molar-refractivity contribution >= 4 is 22.8 Å². The number of carbonyl (C=O) groups is 1. The second-order valence-electron chi connectivity index (χ2n) is 7.21. The lowest BCUT2D eigenvalue weighted by molar-refractivity contribution is 0.0242. The first kappa shape index (κ1) is 20.2. The predicted molar refractivity (Wildman–Crippen MR) is 117 cm³/mol. The van der Waals surface area contributed by atoms with Crippen molar-refractivity contribution in [2.24, 2.45) is 0 Å². The summed E-state index contributed by atoms with van der Waals surface area (Å²) in [5.41, 5.74) is 2.73. The molecule has 2 aromatic carbocycles. The topological polar surface area (TPSA) is 52.9 Å². The lowest BCUT2D eigenvalue weighted by atomic mass is 10.1. The number of morpholine rings is 1. The number of aromatic nitrogens is 1. The zero-order valence-electron chi connectivity index (χ0n) is 17.3. The molecule has 0 atom stereocenters. The number of hydrogen-bond acceptors (Lipinski definition) is 5. The van der Waals surface area contributed by atoms with Crippen molar-refractivity contribution in [3.8, 4) is 11.5 Å². The van der Waals surface area contributed by atoms with Crippen molar-refractivity contribution < 1.29 is 19.0 Å². The molecule has 0 saturated carbocycles. The quantitative estimate of drug-likeness (QED) is 0.441. The Kier molecular flexibility index (Phi) is 6.16. The second-order valence-corrected chi connectivity index (χ2v) is 7.21. The number of methoxy groups -OCH3 is 2. The van der Waals surface area contributed by atoms with E-state index in [1.165, 1.54) is 0 Å². The first-order valence-corrected chi connectivity index (χ1v) is 10.0. The predicted octanol–water partition coefficient (Wildman–Crippen LogP) is 3.84. The Labute approximate surface area is 176 Å². The largest absolute Gasteiger partial charge is 0.493 e. The van der Waals surface area contributed by atoms with Crippen LogP contribution in [0.1, 0.15) is 15.9 Å². The number of ketones is 1. The van der Waals surface area contributed by atoms with Gasteiger partial charge in [0.1, 0.15) is 0 Å². The zero-order chi connectivity index (χ0) is 20.9. The fraction of sp³-hybridized carbons (Fsp3) is 0.292. The number of para-hydroxylation sites is 1. The maximum absolute atomic E-state index is 12.7. The summed E-state index contributed by atoms with van der Waals surface area (Å²) in [6, 6.07) is 13.5. The molecule has 30 heavy (non-hydrogen) atoms. The van der Waals surface area contributed by atoms with E-state index in [0.717, 1.165) is 49.4 Å². The Morgan fingerprint density at radius 3 is 2.60 bits per heavy atom. The Hall–Kier alpha value is -3.09. The molecular formula is C24H26N2O4. The van der Waals surface area contributed by atoms with Crippen molar-refractivity contribution in [1.82, 2.24) is 9.47 Å². The molecule has 6 heteroatoms. The van der Waals surface area contributed by atoms with Crippen LogP contribution in [0.3, 0.4) is 0 Å². The van der Waals surface area contributed by atoms with Gasteiger partial charge in [-0.05, 0) is 36.4 Å². The monoisotopic (exact) mass is 406 g/mol. The maximum Gasteiger partial charge on any atom is 0.185 e. The van der Waals surface area contributed by atoms with Crippen LogP contribution in [-0.2, 0) is 11.4 Å². The number of hydrogen-bond donors (Lipinski definition) is 0. The summed E-state index contributed by atoms with van der Waals surface area (Å²) in [5, 5.41) is 1.13. The van der Waals surface area contributed by atoms with Gasteiger partial charge < -0.3 is 18.8 Å². The molecule has 1 aliphatic heterocycles. The SMILES string of the molecule is COc1ccc(C(=O)C=Cc2cn(CN3CCOCC3)c3ccccc23)cc1OC. The molecule has 1 aromatic heterocycles. The van der Waals surface area contributed by atoms with Crippen LogP contribution in [0.4, 0.5) is 0 Å². The summed E-state index contributed by atoms with van der Waals surface area (Å²) in [5.74, 6) is 1.06. The number of benzene rings is 2. The molecule has 1 saturated heterocycles. The minimum absolute atomic E-state index is 0.0824. The van der Waals surface area contributed by atoms with Crippen LogP contribution in [0.25, 0.3) is 17.0 Å². The van der Waals surface area contributed by atoms with Crippen LogP contribution in [0.15, 0.2) is 54.7 Å². The number of allylic oxidation sites excluding steroid dienone is 1. The molecule has 0 N–H and O–H groups in total. The smallest absolute Gasteiger partial charge is 0.185 e. The first-order chi connectivity index (χ1) is 14.7. The number of rotatable bonds is 7. The van der Waals surface area contributed by atoms with E-state index in [1.54, 1.807) is 38.5 Å². The highest BCUT2D eigenvalue weighted by molar-refractivity contribution is 6.08. The summed E-state index contributed by atoms with van der Waals surface area (Å²) < 4.78 is 18.2. The van der Waals surface area contributed by atoms with Gasteiger partial charge in [0.15, 0.2) is 17.3 Å². The summed E-state index contributed by atoms with van der Waals surface area (Å²) >= 11 is 0. The van der Waals surface area contributed by atoms with E-state index < -0.39 is 0 Å². The Bertz CT molecular complexity index is 1060. The molecule has 0 aliphatic carbocycles. The average molecular weight is 406 g/mol. The van der Waals surface area contributed by atoms with Gasteiger partial charge in [-0.2, -0.15) is 0 Å². The number of nitrogens with zero attached hydrogens (tertiary/aromatic N) is 2. The molecular weight excluding hydrogens is 380 g/mol. The third kappa shape index (κ3) is 4.25. The Morgan fingerprint density at radius 1 is 1.07 bits per heavy atom. The Morgan fingerprint density at radius 2 is 1.83 bits per heavy atom. The minimum atomic E-state index is -0.0824. The van der Waals surface area contributed by atoms with Crippen LogP contribution in [-0.4, -0.2) is 55.8 Å². The molecule has 1 fully saturated rings. The number of fused-ring (bicyclic) bond motifs is 1. The van der Waals surface area contributed by atoms with E-state index in [4.69, 9.17) is 14.2 Å². The van der Waals surface area contributed by atoms with Crippen LogP contribution in [0.5, 0.6) is 11.5 Å². The molecule has 3 aromatic rings. The summed E-state index contributed by atoms with van der Waals surface area (Å²) in [6.07, 6.45) is 5.61. The van der Waals surface area contributed by atoms with Gasteiger partial charge in [0, 0.05) is 41.3 Å². The lowest BCUT2D eigenvalue weighted by Crippen LogP contribution is -2.37. The van der Waals surface area contributed by atoms with E-state index >= 15 is 0 Å². The molecule has 0 amide bonds. The maximum atomic E-state index is 12.7. The van der Waals surface area contributed by atoms with Gasteiger partial charge >= 0.3 is 0 Å². The third-order valence-corrected chi connectivity index (χ3v) is 5.36. The molecule has 1 aliphatic rings. The summed E-state index contributed by atoms with van der Waals surface area (Å²) in [4.78, 5) is 15.1. The van der Waals surface area contributed by atoms with Crippen LogP contribution in [0, 0.1) is 0 Å². The molecule has 0 spiro atoms. The van der Waals surface area contributed by atoms with E-state index in [-0.39, 0.29) is 5.78 Å². The standard InChI is InChI=1S/C24H26N2O4/c1-28-23-10-8-18(15-24(23)29-2)22(27)9-7-19-16-26(17-25-11-13-30-14-12-25)21-6-4-3-5-20(19)21/h3-10,15-16H,11-14,17H2,1-2H3. The fourth-order valence-electron chi connectivity index (χ4n) is 3.73. The van der Waals surface area contributed by atoms with Crippen molar-refractivity contribution in [1.29, 1.82) is 0 Å². The second kappa shape index (κ2) is 9.15. The van der Waals surface area contributed by atoms with Crippen molar-refractivity contribution in [3.05, 3.63) is 65.9 Å². The van der Waals surface area contributed by atoms with Crippen LogP contribution >= 0.6 is 0 Å². The normalized spacial score (nSPS) is 15.0. The van der Waals surface area contributed by atoms with E-state index in [2.05, 4.69) is 27.8 Å². The van der Waals surface area contributed by atoms with Crippen molar-refractivity contribution in [2.75, 3.05) is 40.5 Å². The van der Waals surface area contributed by atoms with Gasteiger partial charge in [0.05, 0.1) is 34.1 Å². The molecule has 0 radical (unpaired) electrons. The van der Waals surface area contributed by atoms with Crippen LogP contribution < -0.4 is 9.47 Å². The van der Waals surface area contributed by atoms with Gasteiger partial charge in [-0.3, -0.25) is 9.69 Å². The van der Waals surface area contributed by atoms with Crippen LogP contribution in [0.2, 0.25) is 0 Å². The van der Waals surface area contributed by atoms with Gasteiger partial charge in [-0.25, -0.2) is 0 Å². The Balaban J connectivity index is 1.58. The molecule has 4 rings (SSSR count). The highest BCUT2D eigenvalue weighted by Crippen LogP contribution is 2.28. The summed E-state index contributed by atoms with van der Waals surface area (Å²) in [7, 11) is 3.14. The van der Waals surface area contributed by atoms with E-state index in [9.17, 15) is 4.79 Å². The van der Waals surface area contributed by atoms with Gasteiger partial charge in [0.25, 0.3) is 0 Å². The molecule has 6 nitrogen and oxygen atoms in total. The van der Waals surface area contributed by atoms with E-state index in [0.29, 0.717) is 17.1 Å². The highest BCUT2D eigenvalue weighted by Gasteiger charge is 2.14. The number of carbonyl (C=O) groups excluding carboxylic acids is 1. The molecule has 0 unspecified atom stereocenters. The molecule has 156 valence electrons. The van der Waals surface area contributed by atoms with Gasteiger partial charge in [-0.1, -0.05) is 18.2 Å². The lowest BCUT2D eigenvalue weighted by Gasteiger charge is -2.27. The van der Waals surface area contributed by atoms with Gasteiger partial charge in [0.2, 0.25) is 0 Å². The minimum Gasteiger partial charge on any atom is -0.493 e. The molecule has 0 bridgehead atoms. The van der Waals surface area contributed by atoms with Crippen molar-refractivity contribution in [2.45, 2.75) is 6.67 Å². The summed E-state index contributed by atoms with van der Waals surface area (Å²) in [6.45, 7) is 4.20. The fourth-order valence-corrected chi connectivity index (χ4v) is 3.73. The van der Waals surface area contributed by atoms with Gasteiger partial charge in [-0.15, -0.1) is 0 Å². The van der Waals surface area contributed by atoms with Crippen molar-refractivity contribution in [3.63, 3.8) is 0 Å². The average Bonchev–Trinajstić information content (AvgIpc) is 3.15. The zero-order valence-corrected chi connectivity index (χ0v) is 17.3. The van der Waals surface area contributed by atoms with E-state index in [1.807, 2.05) is 18.2 Å². The molecule has 2 heterocycles. The highest BCUT2D eigenvalue weighted by atomic mass is 16.5.